The van der Waals surface area contributed by atoms with Crippen molar-refractivity contribution in [2.45, 2.75) is 0 Å². The van der Waals surface area contributed by atoms with E-state index in [0.29, 0.717) is 32.0 Å². The second-order valence-electron chi connectivity index (χ2n) is 6.07. The summed E-state index contributed by atoms with van der Waals surface area (Å²) in [6, 6.07) is 15.4. The lowest BCUT2D eigenvalue weighted by atomic mass is 10.2. The number of rotatable bonds is 3. The Bertz CT molecular complexity index is 926. The van der Waals surface area contributed by atoms with Gasteiger partial charge in [-0.2, -0.15) is 9.36 Å². The van der Waals surface area contributed by atoms with Crippen LogP contribution < -0.4 is 9.64 Å². The Kier molecular flexibility index (Phi) is 4.97. The molecule has 2 aromatic carbocycles. The number of benzene rings is 2. The SMILES string of the molecule is O=C(Oc1cccc(F)c1)N1CCN(c2nc(-c3ccccc3)ns2)CC1. The van der Waals surface area contributed by atoms with E-state index in [2.05, 4.69) is 14.3 Å². The number of carbonyl (C=O) groups excluding carboxylic acids is 1. The smallest absolute Gasteiger partial charge is 0.410 e. The number of piperazine rings is 1. The molecule has 6 nitrogen and oxygen atoms in total. The van der Waals surface area contributed by atoms with Gasteiger partial charge >= 0.3 is 6.09 Å². The molecule has 0 unspecified atom stereocenters. The first-order valence-corrected chi connectivity index (χ1v) is 9.33. The van der Waals surface area contributed by atoms with Crippen LogP contribution in [0.3, 0.4) is 0 Å². The van der Waals surface area contributed by atoms with Crippen LogP contribution in [0.15, 0.2) is 54.6 Å². The Morgan fingerprint density at radius 2 is 1.81 bits per heavy atom. The molecule has 1 amide bonds. The van der Waals surface area contributed by atoms with E-state index in [1.54, 1.807) is 11.0 Å². The van der Waals surface area contributed by atoms with Crippen LogP contribution in [-0.4, -0.2) is 46.5 Å². The third-order valence-electron chi connectivity index (χ3n) is 4.26. The maximum Gasteiger partial charge on any atom is 0.415 e. The highest BCUT2D eigenvalue weighted by atomic mass is 32.1. The second kappa shape index (κ2) is 7.71. The van der Waals surface area contributed by atoms with E-state index in [1.807, 2.05) is 30.3 Å². The van der Waals surface area contributed by atoms with E-state index in [-0.39, 0.29) is 5.75 Å². The van der Waals surface area contributed by atoms with E-state index in [4.69, 9.17) is 4.74 Å². The molecule has 138 valence electrons. The van der Waals surface area contributed by atoms with E-state index >= 15 is 0 Å². The first-order valence-electron chi connectivity index (χ1n) is 8.55. The summed E-state index contributed by atoms with van der Waals surface area (Å²) in [5.41, 5.74) is 0.984. The van der Waals surface area contributed by atoms with Gasteiger partial charge in [-0.15, -0.1) is 0 Å². The van der Waals surface area contributed by atoms with Crippen molar-refractivity contribution in [2.24, 2.45) is 0 Å². The minimum absolute atomic E-state index is 0.207. The number of hydrogen-bond donors (Lipinski definition) is 0. The zero-order chi connectivity index (χ0) is 18.6. The molecule has 3 aromatic rings. The summed E-state index contributed by atoms with van der Waals surface area (Å²) in [7, 11) is 0. The molecule has 0 spiro atoms. The highest BCUT2D eigenvalue weighted by Gasteiger charge is 2.24. The minimum Gasteiger partial charge on any atom is -0.410 e. The highest BCUT2D eigenvalue weighted by Crippen LogP contribution is 2.25. The van der Waals surface area contributed by atoms with Gasteiger partial charge in [-0.1, -0.05) is 36.4 Å². The van der Waals surface area contributed by atoms with Gasteiger partial charge in [-0.05, 0) is 12.1 Å². The van der Waals surface area contributed by atoms with Crippen LogP contribution in [0, 0.1) is 5.82 Å². The molecule has 27 heavy (non-hydrogen) atoms. The molecule has 1 aliphatic heterocycles. The third-order valence-corrected chi connectivity index (χ3v) is 5.03. The van der Waals surface area contributed by atoms with Crippen molar-refractivity contribution in [3.8, 4) is 17.1 Å². The van der Waals surface area contributed by atoms with Gasteiger partial charge in [0, 0.05) is 49.3 Å². The molecule has 1 aliphatic rings. The molecule has 4 rings (SSSR count). The fourth-order valence-electron chi connectivity index (χ4n) is 2.82. The molecular formula is C19H17FN4O2S. The van der Waals surface area contributed by atoms with Crippen LogP contribution >= 0.6 is 11.5 Å². The van der Waals surface area contributed by atoms with Crippen LogP contribution in [0.1, 0.15) is 0 Å². The van der Waals surface area contributed by atoms with Gasteiger partial charge in [-0.25, -0.2) is 9.18 Å². The molecule has 0 radical (unpaired) electrons. The van der Waals surface area contributed by atoms with Crippen molar-refractivity contribution in [1.29, 1.82) is 0 Å². The quantitative estimate of drug-likeness (QED) is 0.690. The zero-order valence-electron chi connectivity index (χ0n) is 14.4. The monoisotopic (exact) mass is 384 g/mol. The molecule has 0 N–H and O–H groups in total. The molecule has 1 saturated heterocycles. The molecule has 0 saturated carbocycles. The minimum atomic E-state index is -0.470. The van der Waals surface area contributed by atoms with Crippen LogP contribution in [0.5, 0.6) is 5.75 Å². The predicted octanol–water partition coefficient (Wildman–Crippen LogP) is 3.67. The number of hydrogen-bond acceptors (Lipinski definition) is 6. The summed E-state index contributed by atoms with van der Waals surface area (Å²) in [6.45, 7) is 2.30. The maximum absolute atomic E-state index is 13.2. The van der Waals surface area contributed by atoms with Crippen molar-refractivity contribution in [3.05, 3.63) is 60.4 Å². The lowest BCUT2D eigenvalue weighted by Gasteiger charge is -2.33. The van der Waals surface area contributed by atoms with Gasteiger partial charge in [0.05, 0.1) is 0 Å². The summed E-state index contributed by atoms with van der Waals surface area (Å²) < 4.78 is 22.9. The van der Waals surface area contributed by atoms with Crippen molar-refractivity contribution in [2.75, 3.05) is 31.1 Å². The molecule has 8 heteroatoms. The van der Waals surface area contributed by atoms with Crippen molar-refractivity contribution in [1.82, 2.24) is 14.3 Å². The third kappa shape index (κ3) is 4.06. The average molecular weight is 384 g/mol. The Morgan fingerprint density at radius 3 is 2.56 bits per heavy atom. The highest BCUT2D eigenvalue weighted by molar-refractivity contribution is 7.09. The Morgan fingerprint density at radius 1 is 1.04 bits per heavy atom. The van der Waals surface area contributed by atoms with E-state index in [9.17, 15) is 9.18 Å². The van der Waals surface area contributed by atoms with Crippen LogP contribution in [0.4, 0.5) is 14.3 Å². The molecule has 0 aliphatic carbocycles. The molecule has 1 fully saturated rings. The maximum atomic E-state index is 13.2. The van der Waals surface area contributed by atoms with Crippen LogP contribution in [0.25, 0.3) is 11.4 Å². The number of carbonyl (C=O) groups is 1. The molecule has 0 bridgehead atoms. The second-order valence-corrected chi connectivity index (χ2v) is 6.80. The summed E-state index contributed by atoms with van der Waals surface area (Å²) in [4.78, 5) is 20.6. The largest absolute Gasteiger partial charge is 0.415 e. The van der Waals surface area contributed by atoms with Gasteiger partial charge in [0.2, 0.25) is 5.13 Å². The van der Waals surface area contributed by atoms with Gasteiger partial charge in [0.1, 0.15) is 11.6 Å². The standard InChI is InChI=1S/C19H17FN4O2S/c20-15-7-4-8-16(13-15)26-19(25)24-11-9-23(10-12-24)18-21-17(22-27-18)14-5-2-1-3-6-14/h1-8,13H,9-12H2. The van der Waals surface area contributed by atoms with Crippen molar-refractivity contribution >= 4 is 22.8 Å². The molecular weight excluding hydrogens is 367 g/mol. The Labute approximate surface area is 160 Å². The van der Waals surface area contributed by atoms with Crippen LogP contribution in [-0.2, 0) is 0 Å². The number of nitrogens with zero attached hydrogens (tertiary/aromatic N) is 4. The Balaban J connectivity index is 1.35. The first kappa shape index (κ1) is 17.4. The lowest BCUT2D eigenvalue weighted by molar-refractivity contribution is 0.149. The fourth-order valence-corrected chi connectivity index (χ4v) is 3.56. The molecule has 2 heterocycles. The van der Waals surface area contributed by atoms with Gasteiger partial charge in [0.15, 0.2) is 5.82 Å². The zero-order valence-corrected chi connectivity index (χ0v) is 15.2. The van der Waals surface area contributed by atoms with E-state index in [1.165, 1.54) is 29.7 Å². The first-order chi connectivity index (χ1) is 13.2. The van der Waals surface area contributed by atoms with Crippen molar-refractivity contribution in [3.63, 3.8) is 0 Å². The number of ether oxygens (including phenoxy) is 1. The van der Waals surface area contributed by atoms with Gasteiger partial charge in [-0.3, -0.25) is 0 Å². The molecule has 1 aromatic heterocycles. The topological polar surface area (TPSA) is 58.6 Å². The van der Waals surface area contributed by atoms with Crippen LogP contribution in [0.2, 0.25) is 0 Å². The van der Waals surface area contributed by atoms with Gasteiger partial charge < -0.3 is 14.5 Å². The average Bonchev–Trinajstić information content (AvgIpc) is 3.19. The van der Waals surface area contributed by atoms with Crippen molar-refractivity contribution < 1.29 is 13.9 Å². The van der Waals surface area contributed by atoms with Gasteiger partial charge in [0.25, 0.3) is 0 Å². The summed E-state index contributed by atoms with van der Waals surface area (Å²) in [6.07, 6.45) is -0.470. The normalized spacial score (nSPS) is 14.3. The molecule has 0 atom stereocenters. The fraction of sp³-hybridized carbons (Fsp3) is 0.211. The van der Waals surface area contributed by atoms with E-state index < -0.39 is 11.9 Å². The number of halogens is 1. The summed E-state index contributed by atoms with van der Waals surface area (Å²) in [5.74, 6) is 0.484. The predicted molar refractivity (Wildman–Crippen MR) is 102 cm³/mol. The number of aromatic nitrogens is 2. The number of anilines is 1. The number of amides is 1. The lowest BCUT2D eigenvalue weighted by Crippen LogP contribution is -2.49. The van der Waals surface area contributed by atoms with E-state index in [0.717, 1.165) is 10.7 Å². The summed E-state index contributed by atoms with van der Waals surface area (Å²) >= 11 is 1.35. The summed E-state index contributed by atoms with van der Waals surface area (Å²) in [5, 5.41) is 0.840. The Hall–Kier alpha value is -3.00.